The highest BCUT2D eigenvalue weighted by atomic mass is 35.5. The normalized spacial score (nSPS) is 16.0. The molecule has 0 aliphatic heterocycles. The summed E-state index contributed by atoms with van der Waals surface area (Å²) in [6.45, 7) is 0. The fourth-order valence-corrected chi connectivity index (χ4v) is 4.31. The van der Waals surface area contributed by atoms with Crippen LogP contribution in [-0.2, 0) is 12.6 Å². The molecule has 7 heteroatoms. The number of aryl methyl sites for hydroxylation is 1. The maximum absolute atomic E-state index is 12.9. The molecule has 2 aromatic carbocycles. The van der Waals surface area contributed by atoms with Crippen molar-refractivity contribution in [3.8, 4) is 0 Å². The molecule has 2 aromatic rings. The number of anilines is 1. The van der Waals surface area contributed by atoms with Gasteiger partial charge in [-0.05, 0) is 67.7 Å². The predicted molar refractivity (Wildman–Crippen MR) is 112 cm³/mol. The monoisotopic (exact) mass is 426 g/mol. The SMILES string of the molecule is FC(F)(F)c1cccc(NC(=S)NC2(CCc3ccccc3Cl)CCCC2)c1. The fourth-order valence-electron chi connectivity index (χ4n) is 3.74. The molecule has 1 saturated carbocycles. The Bertz CT molecular complexity index is 832. The molecule has 1 aliphatic rings. The molecule has 150 valence electrons. The van der Waals surface area contributed by atoms with E-state index in [0.717, 1.165) is 61.2 Å². The van der Waals surface area contributed by atoms with Crippen molar-refractivity contribution in [3.05, 3.63) is 64.7 Å². The minimum Gasteiger partial charge on any atom is -0.357 e. The van der Waals surface area contributed by atoms with Gasteiger partial charge in [-0.15, -0.1) is 0 Å². The number of benzene rings is 2. The summed E-state index contributed by atoms with van der Waals surface area (Å²) < 4.78 is 38.7. The first kappa shape index (κ1) is 20.9. The van der Waals surface area contributed by atoms with E-state index in [9.17, 15) is 13.2 Å². The number of rotatable bonds is 5. The van der Waals surface area contributed by atoms with E-state index in [1.165, 1.54) is 6.07 Å². The molecule has 2 nitrogen and oxygen atoms in total. The van der Waals surface area contributed by atoms with Gasteiger partial charge in [0.1, 0.15) is 0 Å². The average molecular weight is 427 g/mol. The average Bonchev–Trinajstić information content (AvgIpc) is 3.09. The van der Waals surface area contributed by atoms with Crippen molar-refractivity contribution < 1.29 is 13.2 Å². The lowest BCUT2D eigenvalue weighted by Crippen LogP contribution is -2.48. The van der Waals surface area contributed by atoms with E-state index >= 15 is 0 Å². The maximum Gasteiger partial charge on any atom is 0.416 e. The summed E-state index contributed by atoms with van der Waals surface area (Å²) in [5.74, 6) is 0. The number of hydrogen-bond acceptors (Lipinski definition) is 1. The lowest BCUT2D eigenvalue weighted by Gasteiger charge is -2.32. The number of thiocarbonyl (C=S) groups is 1. The van der Waals surface area contributed by atoms with Crippen molar-refractivity contribution >= 4 is 34.6 Å². The highest BCUT2D eigenvalue weighted by Gasteiger charge is 2.34. The molecule has 0 heterocycles. The Morgan fingerprint density at radius 2 is 1.79 bits per heavy atom. The van der Waals surface area contributed by atoms with Gasteiger partial charge in [-0.25, -0.2) is 0 Å². The first-order chi connectivity index (χ1) is 13.3. The zero-order valence-electron chi connectivity index (χ0n) is 15.3. The van der Waals surface area contributed by atoms with Crippen molar-refractivity contribution in [3.63, 3.8) is 0 Å². The summed E-state index contributed by atoms with van der Waals surface area (Å²) in [5, 5.41) is 7.39. The molecule has 1 fully saturated rings. The van der Waals surface area contributed by atoms with Crippen molar-refractivity contribution in [2.24, 2.45) is 0 Å². The Morgan fingerprint density at radius 3 is 2.46 bits per heavy atom. The minimum atomic E-state index is -4.38. The Hall–Kier alpha value is -1.79. The number of nitrogens with one attached hydrogen (secondary N) is 2. The van der Waals surface area contributed by atoms with E-state index < -0.39 is 11.7 Å². The largest absolute Gasteiger partial charge is 0.416 e. The second-order valence-corrected chi connectivity index (χ2v) is 8.05. The van der Waals surface area contributed by atoms with Crippen LogP contribution < -0.4 is 10.6 Å². The lowest BCUT2D eigenvalue weighted by atomic mass is 9.89. The molecule has 0 amide bonds. The first-order valence-corrected chi connectivity index (χ1v) is 10.1. The van der Waals surface area contributed by atoms with Crippen LogP contribution in [0.5, 0.6) is 0 Å². The number of halogens is 4. The third kappa shape index (κ3) is 5.39. The zero-order chi connectivity index (χ0) is 20.2. The van der Waals surface area contributed by atoms with Gasteiger partial charge in [0.05, 0.1) is 5.56 Å². The third-order valence-electron chi connectivity index (χ3n) is 5.22. The van der Waals surface area contributed by atoms with E-state index in [2.05, 4.69) is 10.6 Å². The molecule has 0 radical (unpaired) electrons. The summed E-state index contributed by atoms with van der Waals surface area (Å²) in [5.41, 5.74) is 0.556. The van der Waals surface area contributed by atoms with E-state index in [-0.39, 0.29) is 5.54 Å². The fraction of sp³-hybridized carbons (Fsp3) is 0.381. The van der Waals surface area contributed by atoms with Crippen molar-refractivity contribution in [1.29, 1.82) is 0 Å². The lowest BCUT2D eigenvalue weighted by molar-refractivity contribution is -0.137. The molecule has 0 aromatic heterocycles. The summed E-state index contributed by atoms with van der Waals surface area (Å²) >= 11 is 11.7. The van der Waals surface area contributed by atoms with Gasteiger partial charge in [0.2, 0.25) is 0 Å². The van der Waals surface area contributed by atoms with Gasteiger partial charge in [0, 0.05) is 16.2 Å². The zero-order valence-corrected chi connectivity index (χ0v) is 16.9. The molecule has 0 spiro atoms. The molecule has 0 saturated heterocycles. The van der Waals surface area contributed by atoms with Crippen LogP contribution in [0.4, 0.5) is 18.9 Å². The molecule has 1 aliphatic carbocycles. The molecule has 0 bridgehead atoms. The van der Waals surface area contributed by atoms with Gasteiger partial charge in [-0.1, -0.05) is 48.7 Å². The summed E-state index contributed by atoms with van der Waals surface area (Å²) in [7, 11) is 0. The van der Waals surface area contributed by atoms with Crippen molar-refractivity contribution in [1.82, 2.24) is 5.32 Å². The summed E-state index contributed by atoms with van der Waals surface area (Å²) in [6, 6.07) is 12.8. The van der Waals surface area contributed by atoms with Gasteiger partial charge in [-0.2, -0.15) is 13.2 Å². The second kappa shape index (κ2) is 8.70. The van der Waals surface area contributed by atoms with Crippen LogP contribution in [0, 0.1) is 0 Å². The standard InChI is InChI=1S/C21H22ClF3N2S/c22-18-9-2-1-6-15(18)10-13-20(11-3-4-12-20)27-19(28)26-17-8-5-7-16(14-17)21(23,24)25/h1-2,5-9,14H,3-4,10-13H2,(H2,26,27,28). The van der Waals surface area contributed by atoms with Crippen LogP contribution in [0.3, 0.4) is 0 Å². The molecular weight excluding hydrogens is 405 g/mol. The third-order valence-corrected chi connectivity index (χ3v) is 5.79. The van der Waals surface area contributed by atoms with Crippen LogP contribution in [0.15, 0.2) is 48.5 Å². The quantitative estimate of drug-likeness (QED) is 0.527. The summed E-state index contributed by atoms with van der Waals surface area (Å²) in [6.07, 6.45) is 1.45. The molecule has 3 rings (SSSR count). The van der Waals surface area contributed by atoms with Crippen molar-refractivity contribution in [2.75, 3.05) is 5.32 Å². The topological polar surface area (TPSA) is 24.1 Å². The van der Waals surface area contributed by atoms with E-state index in [0.29, 0.717) is 10.8 Å². The van der Waals surface area contributed by atoms with Crippen LogP contribution in [0.25, 0.3) is 0 Å². The van der Waals surface area contributed by atoms with Crippen molar-refractivity contribution in [2.45, 2.75) is 50.2 Å². The molecule has 28 heavy (non-hydrogen) atoms. The molecule has 0 atom stereocenters. The highest BCUT2D eigenvalue weighted by molar-refractivity contribution is 7.80. The van der Waals surface area contributed by atoms with Gasteiger partial charge < -0.3 is 10.6 Å². The first-order valence-electron chi connectivity index (χ1n) is 9.27. The van der Waals surface area contributed by atoms with Gasteiger partial charge in [0.25, 0.3) is 0 Å². The Labute approximate surface area is 173 Å². The maximum atomic E-state index is 12.9. The Morgan fingerprint density at radius 1 is 1.07 bits per heavy atom. The highest BCUT2D eigenvalue weighted by Crippen LogP contribution is 2.35. The van der Waals surface area contributed by atoms with Gasteiger partial charge in [0.15, 0.2) is 5.11 Å². The van der Waals surface area contributed by atoms with Gasteiger partial charge >= 0.3 is 6.18 Å². The number of alkyl halides is 3. The molecular formula is C21H22ClF3N2S. The Balaban J connectivity index is 1.65. The van der Waals surface area contributed by atoms with Gasteiger partial charge in [-0.3, -0.25) is 0 Å². The Kier molecular flexibility index (Phi) is 6.50. The van der Waals surface area contributed by atoms with E-state index in [1.807, 2.05) is 24.3 Å². The van der Waals surface area contributed by atoms with E-state index in [4.69, 9.17) is 23.8 Å². The smallest absolute Gasteiger partial charge is 0.357 e. The predicted octanol–water partition coefficient (Wildman–Crippen LogP) is 6.59. The van der Waals surface area contributed by atoms with E-state index in [1.54, 1.807) is 6.07 Å². The van der Waals surface area contributed by atoms with Crippen LogP contribution >= 0.6 is 23.8 Å². The molecule has 0 unspecified atom stereocenters. The minimum absolute atomic E-state index is 0.162. The summed E-state index contributed by atoms with van der Waals surface area (Å²) in [4.78, 5) is 0. The number of hydrogen-bond donors (Lipinski definition) is 2. The molecule has 2 N–H and O–H groups in total. The van der Waals surface area contributed by atoms with Crippen LogP contribution in [0.2, 0.25) is 5.02 Å². The second-order valence-electron chi connectivity index (χ2n) is 7.24. The van der Waals surface area contributed by atoms with Crippen LogP contribution in [0.1, 0.15) is 43.2 Å². The van der Waals surface area contributed by atoms with Crippen LogP contribution in [-0.4, -0.2) is 10.7 Å².